The number of carbonyl (C=O) groups is 1. The van der Waals surface area contributed by atoms with E-state index in [1.54, 1.807) is 42.7 Å². The van der Waals surface area contributed by atoms with Gasteiger partial charge >= 0.3 is 17.6 Å². The first-order valence-electron chi connectivity index (χ1n) is 10.1. The molecule has 2 atom stereocenters. The fourth-order valence-corrected chi connectivity index (χ4v) is 8.26. The molecule has 28 heavy (non-hydrogen) atoms. The monoisotopic (exact) mass is 438 g/mol. The van der Waals surface area contributed by atoms with Gasteiger partial charge in [-0.1, -0.05) is 26.7 Å². The second-order valence-electron chi connectivity index (χ2n) is 7.26. The molecule has 0 aromatic heterocycles. The van der Waals surface area contributed by atoms with Crippen LogP contribution in [-0.4, -0.2) is 66.1 Å². The minimum Gasteiger partial charge on any atom is -0.377 e. The normalized spacial score (nSPS) is 14.9. The van der Waals surface area contributed by atoms with Crippen LogP contribution in [0, 0.1) is 0 Å². The molecule has 2 unspecified atom stereocenters. The fourth-order valence-electron chi connectivity index (χ4n) is 3.73. The Balaban J connectivity index is 4.04. The SMILES string of the molecule is CO[Si](OC)(OC)C(C)CCCCC(=O)CCCCC(C)[Si](OC)(OC)OC. The molecule has 0 aromatic rings. The summed E-state index contributed by atoms with van der Waals surface area (Å²) in [5, 5.41) is 0. The fraction of sp³-hybridized carbons (Fsp3) is 0.947. The molecule has 9 heteroatoms. The van der Waals surface area contributed by atoms with E-state index in [9.17, 15) is 4.79 Å². The van der Waals surface area contributed by atoms with Gasteiger partial charge in [0.25, 0.3) is 0 Å². The summed E-state index contributed by atoms with van der Waals surface area (Å²) in [6.45, 7) is 4.18. The zero-order valence-corrected chi connectivity index (χ0v) is 21.2. The zero-order chi connectivity index (χ0) is 21.6. The van der Waals surface area contributed by atoms with E-state index in [2.05, 4.69) is 13.8 Å². The van der Waals surface area contributed by atoms with E-state index < -0.39 is 17.6 Å². The summed E-state index contributed by atoms with van der Waals surface area (Å²) in [5.74, 6) is 0.336. The Morgan fingerprint density at radius 2 is 0.893 bits per heavy atom. The summed E-state index contributed by atoms with van der Waals surface area (Å²) in [6, 6.07) is 0. The molecule has 0 bridgehead atoms. The molecule has 0 amide bonds. The van der Waals surface area contributed by atoms with Crippen LogP contribution in [0.3, 0.4) is 0 Å². The summed E-state index contributed by atoms with van der Waals surface area (Å²) >= 11 is 0. The number of unbranched alkanes of at least 4 members (excludes halogenated alkanes) is 2. The average Bonchev–Trinajstić information content (AvgIpc) is 2.72. The van der Waals surface area contributed by atoms with Crippen LogP contribution in [-0.2, 0) is 31.4 Å². The largest absolute Gasteiger partial charge is 0.503 e. The van der Waals surface area contributed by atoms with Crippen LogP contribution in [0.4, 0.5) is 0 Å². The van der Waals surface area contributed by atoms with Crippen molar-refractivity contribution in [3.05, 3.63) is 0 Å². The predicted octanol–water partition coefficient (Wildman–Crippen LogP) is 4.21. The van der Waals surface area contributed by atoms with Crippen LogP contribution < -0.4 is 0 Å². The molecule has 0 aliphatic rings. The first-order valence-corrected chi connectivity index (χ1v) is 13.7. The molecule has 0 saturated carbocycles. The van der Waals surface area contributed by atoms with Crippen molar-refractivity contribution in [1.82, 2.24) is 0 Å². The van der Waals surface area contributed by atoms with E-state index in [-0.39, 0.29) is 11.1 Å². The second kappa shape index (κ2) is 14.8. The predicted molar refractivity (Wildman–Crippen MR) is 114 cm³/mol. The molecule has 0 spiro atoms. The minimum absolute atomic E-state index is 0.218. The summed E-state index contributed by atoms with van der Waals surface area (Å²) in [4.78, 5) is 12.1. The van der Waals surface area contributed by atoms with Gasteiger partial charge in [0.1, 0.15) is 5.78 Å². The van der Waals surface area contributed by atoms with E-state index in [0.29, 0.717) is 18.6 Å². The van der Waals surface area contributed by atoms with Crippen LogP contribution in [0.15, 0.2) is 0 Å². The van der Waals surface area contributed by atoms with Gasteiger partial charge in [-0.15, -0.1) is 0 Å². The number of Topliss-reactive ketones (excluding diaryl/α,β-unsaturated/α-hetero) is 1. The van der Waals surface area contributed by atoms with Crippen molar-refractivity contribution in [2.24, 2.45) is 0 Å². The highest BCUT2D eigenvalue weighted by Crippen LogP contribution is 2.30. The Labute approximate surface area is 174 Å². The molecule has 0 heterocycles. The molecular formula is C19H42O7Si2. The third-order valence-electron chi connectivity index (χ3n) is 5.60. The molecule has 7 nitrogen and oxygen atoms in total. The Morgan fingerprint density at radius 3 is 1.14 bits per heavy atom. The lowest BCUT2D eigenvalue weighted by Gasteiger charge is -2.30. The van der Waals surface area contributed by atoms with Gasteiger partial charge in [-0.3, -0.25) is 4.79 Å². The number of carbonyl (C=O) groups excluding carboxylic acids is 1. The maximum atomic E-state index is 12.1. The number of hydrogen-bond donors (Lipinski definition) is 0. The maximum absolute atomic E-state index is 12.1. The van der Waals surface area contributed by atoms with Crippen LogP contribution in [0.25, 0.3) is 0 Å². The van der Waals surface area contributed by atoms with Crippen LogP contribution in [0.2, 0.25) is 11.1 Å². The third-order valence-corrected chi connectivity index (χ3v) is 12.0. The molecule has 0 aromatic carbocycles. The van der Waals surface area contributed by atoms with Gasteiger partial charge in [0.15, 0.2) is 0 Å². The standard InChI is InChI=1S/C19H42O7Si2/c1-17(27(21-3,22-4)23-5)13-9-11-15-19(20)16-12-10-14-18(2)28(24-6,25-7)26-8/h17-18H,9-16H2,1-8H3. The van der Waals surface area contributed by atoms with Gasteiger partial charge in [-0.05, 0) is 25.7 Å². The molecule has 0 aliphatic carbocycles. The van der Waals surface area contributed by atoms with Crippen LogP contribution >= 0.6 is 0 Å². The second-order valence-corrected chi connectivity index (χ2v) is 14.1. The molecular weight excluding hydrogens is 396 g/mol. The van der Waals surface area contributed by atoms with E-state index in [1.807, 2.05) is 0 Å². The summed E-state index contributed by atoms with van der Waals surface area (Å²) in [7, 11) is 4.68. The molecule has 0 N–H and O–H groups in total. The molecule has 0 rings (SSSR count). The molecule has 0 fully saturated rings. The van der Waals surface area contributed by atoms with Gasteiger partial charge < -0.3 is 26.6 Å². The first-order chi connectivity index (χ1) is 13.3. The summed E-state index contributed by atoms with van der Waals surface area (Å²) in [6.07, 6.45) is 6.88. The summed E-state index contributed by atoms with van der Waals surface area (Å²) < 4.78 is 33.1. The van der Waals surface area contributed by atoms with Crippen LogP contribution in [0.5, 0.6) is 0 Å². The topological polar surface area (TPSA) is 72.5 Å². The van der Waals surface area contributed by atoms with E-state index in [1.165, 1.54) is 0 Å². The lowest BCUT2D eigenvalue weighted by Crippen LogP contribution is -2.46. The Morgan fingerprint density at radius 1 is 0.607 bits per heavy atom. The molecule has 0 aliphatic heterocycles. The van der Waals surface area contributed by atoms with E-state index in [4.69, 9.17) is 26.6 Å². The lowest BCUT2D eigenvalue weighted by molar-refractivity contribution is -0.119. The summed E-state index contributed by atoms with van der Waals surface area (Å²) in [5.41, 5.74) is 0.437. The van der Waals surface area contributed by atoms with Crippen molar-refractivity contribution in [1.29, 1.82) is 0 Å². The van der Waals surface area contributed by atoms with Gasteiger partial charge in [0, 0.05) is 66.6 Å². The van der Waals surface area contributed by atoms with Gasteiger partial charge in [-0.25, -0.2) is 0 Å². The number of hydrogen-bond acceptors (Lipinski definition) is 7. The highest BCUT2D eigenvalue weighted by Gasteiger charge is 2.44. The van der Waals surface area contributed by atoms with Crippen molar-refractivity contribution < 1.29 is 31.4 Å². The zero-order valence-electron chi connectivity index (χ0n) is 19.2. The molecule has 0 radical (unpaired) electrons. The number of ketones is 1. The Kier molecular flexibility index (Phi) is 14.7. The van der Waals surface area contributed by atoms with E-state index >= 15 is 0 Å². The van der Waals surface area contributed by atoms with Crippen molar-refractivity contribution in [2.75, 3.05) is 42.7 Å². The van der Waals surface area contributed by atoms with Gasteiger partial charge in [-0.2, -0.15) is 0 Å². The smallest absolute Gasteiger partial charge is 0.377 e. The van der Waals surface area contributed by atoms with Gasteiger partial charge in [0.05, 0.1) is 0 Å². The Bertz CT molecular complexity index is 363. The lowest BCUT2D eigenvalue weighted by atomic mass is 10.0. The van der Waals surface area contributed by atoms with E-state index in [0.717, 1.165) is 38.5 Å². The third kappa shape index (κ3) is 8.31. The van der Waals surface area contributed by atoms with Crippen molar-refractivity contribution in [3.8, 4) is 0 Å². The molecule has 168 valence electrons. The highest BCUT2D eigenvalue weighted by molar-refractivity contribution is 6.62. The number of rotatable bonds is 18. The highest BCUT2D eigenvalue weighted by atomic mass is 28.4. The first kappa shape index (κ1) is 27.9. The van der Waals surface area contributed by atoms with Crippen molar-refractivity contribution in [2.45, 2.75) is 76.3 Å². The minimum atomic E-state index is -2.57. The van der Waals surface area contributed by atoms with Crippen LogP contribution in [0.1, 0.15) is 65.2 Å². The molecule has 0 saturated heterocycles. The average molecular weight is 439 g/mol. The Hall–Kier alpha value is -0.136. The quantitative estimate of drug-likeness (QED) is 0.234. The van der Waals surface area contributed by atoms with Crippen molar-refractivity contribution >= 4 is 23.4 Å². The van der Waals surface area contributed by atoms with Crippen molar-refractivity contribution in [3.63, 3.8) is 0 Å². The van der Waals surface area contributed by atoms with Gasteiger partial charge in [0.2, 0.25) is 0 Å². The maximum Gasteiger partial charge on any atom is 0.503 e.